The van der Waals surface area contributed by atoms with Crippen LogP contribution in [0.1, 0.15) is 18.7 Å². The van der Waals surface area contributed by atoms with Gasteiger partial charge in [0, 0.05) is 13.1 Å². The van der Waals surface area contributed by atoms with Crippen molar-refractivity contribution >= 4 is 6.01 Å². The first-order chi connectivity index (χ1) is 7.65. The van der Waals surface area contributed by atoms with Crippen LogP contribution in [0.3, 0.4) is 0 Å². The summed E-state index contributed by atoms with van der Waals surface area (Å²) in [4.78, 5) is 1.25. The third-order valence-corrected chi connectivity index (χ3v) is 2.31. The van der Waals surface area contributed by atoms with E-state index in [1.54, 1.807) is 0 Å². The van der Waals surface area contributed by atoms with Crippen molar-refractivity contribution in [3.05, 3.63) is 5.89 Å². The molecule has 1 aliphatic rings. The smallest absolute Gasteiger partial charge is 0.318 e. The average Bonchev–Trinajstić information content (AvgIpc) is 2.92. The maximum Gasteiger partial charge on any atom is 0.318 e. The molecule has 0 saturated heterocycles. The SMILES string of the molecule is CN(CC(F)F)c1nnc(CNC2CC2)o1. The number of aromatic nitrogens is 2. The van der Waals surface area contributed by atoms with Crippen LogP contribution < -0.4 is 10.2 Å². The molecule has 1 heterocycles. The maximum absolute atomic E-state index is 12.1. The minimum absolute atomic E-state index is 0.132. The zero-order valence-corrected chi connectivity index (χ0v) is 8.99. The van der Waals surface area contributed by atoms with Gasteiger partial charge in [-0.1, -0.05) is 5.10 Å². The number of hydrogen-bond acceptors (Lipinski definition) is 5. The Labute approximate surface area is 91.8 Å². The van der Waals surface area contributed by atoms with E-state index in [2.05, 4.69) is 15.5 Å². The number of hydrogen-bond donors (Lipinski definition) is 1. The van der Waals surface area contributed by atoms with E-state index in [-0.39, 0.29) is 6.01 Å². The molecule has 1 fully saturated rings. The van der Waals surface area contributed by atoms with Crippen LogP contribution >= 0.6 is 0 Å². The van der Waals surface area contributed by atoms with E-state index in [0.717, 1.165) is 0 Å². The number of rotatable bonds is 6. The molecular formula is C9H14F2N4O. The van der Waals surface area contributed by atoms with Crippen molar-refractivity contribution < 1.29 is 13.2 Å². The van der Waals surface area contributed by atoms with E-state index >= 15 is 0 Å². The Balaban J connectivity index is 1.84. The van der Waals surface area contributed by atoms with Crippen molar-refractivity contribution in [2.24, 2.45) is 0 Å². The zero-order valence-electron chi connectivity index (χ0n) is 8.99. The fourth-order valence-electron chi connectivity index (χ4n) is 1.27. The van der Waals surface area contributed by atoms with Gasteiger partial charge in [-0.15, -0.1) is 5.10 Å². The van der Waals surface area contributed by atoms with Gasteiger partial charge in [-0.2, -0.15) is 0 Å². The van der Waals surface area contributed by atoms with Gasteiger partial charge in [0.2, 0.25) is 5.89 Å². The molecule has 2 rings (SSSR count). The van der Waals surface area contributed by atoms with Gasteiger partial charge in [-0.3, -0.25) is 0 Å². The Hall–Kier alpha value is -1.24. The van der Waals surface area contributed by atoms with Crippen LogP contribution in [0.25, 0.3) is 0 Å². The fourth-order valence-corrected chi connectivity index (χ4v) is 1.27. The Morgan fingerprint density at radius 1 is 1.50 bits per heavy atom. The molecule has 0 amide bonds. The molecular weight excluding hydrogens is 218 g/mol. The molecule has 7 heteroatoms. The lowest BCUT2D eigenvalue weighted by atomic mass is 10.6. The fraction of sp³-hybridized carbons (Fsp3) is 0.778. The van der Waals surface area contributed by atoms with Crippen molar-refractivity contribution in [1.82, 2.24) is 15.5 Å². The summed E-state index contributed by atoms with van der Waals surface area (Å²) in [6, 6.07) is 0.682. The lowest BCUT2D eigenvalue weighted by Crippen LogP contribution is -2.24. The second kappa shape index (κ2) is 4.73. The molecule has 0 atom stereocenters. The van der Waals surface area contributed by atoms with Gasteiger partial charge >= 0.3 is 6.01 Å². The lowest BCUT2D eigenvalue weighted by Gasteiger charge is -2.12. The number of nitrogens with zero attached hydrogens (tertiary/aromatic N) is 3. The first kappa shape index (κ1) is 11.3. The van der Waals surface area contributed by atoms with Crippen LogP contribution in [-0.4, -0.2) is 36.3 Å². The molecule has 1 aromatic heterocycles. The first-order valence-electron chi connectivity index (χ1n) is 5.20. The van der Waals surface area contributed by atoms with Gasteiger partial charge in [0.1, 0.15) is 0 Å². The Morgan fingerprint density at radius 2 is 2.25 bits per heavy atom. The minimum Gasteiger partial charge on any atom is -0.407 e. The summed E-state index contributed by atoms with van der Waals surface area (Å²) in [6.07, 6.45) is -0.0663. The Bertz CT molecular complexity index is 340. The maximum atomic E-state index is 12.1. The number of alkyl halides is 2. The average molecular weight is 232 g/mol. The van der Waals surface area contributed by atoms with E-state index in [0.29, 0.717) is 18.5 Å². The molecule has 90 valence electrons. The van der Waals surface area contributed by atoms with Crippen LogP contribution in [0.2, 0.25) is 0 Å². The van der Waals surface area contributed by atoms with Gasteiger partial charge < -0.3 is 14.6 Å². The summed E-state index contributed by atoms with van der Waals surface area (Å²) in [7, 11) is 1.50. The van der Waals surface area contributed by atoms with Gasteiger partial charge in [0.05, 0.1) is 13.1 Å². The lowest BCUT2D eigenvalue weighted by molar-refractivity contribution is 0.155. The summed E-state index contributed by atoms with van der Waals surface area (Å²) in [6.45, 7) is 0.0951. The van der Waals surface area contributed by atoms with Gasteiger partial charge in [-0.05, 0) is 12.8 Å². The standard InChI is InChI=1S/C9H14F2N4O/c1-15(5-7(10)11)9-14-13-8(16-9)4-12-6-2-3-6/h6-7,12H,2-5H2,1H3. The molecule has 16 heavy (non-hydrogen) atoms. The minimum atomic E-state index is -2.41. The number of halogens is 2. The molecule has 1 N–H and O–H groups in total. The Morgan fingerprint density at radius 3 is 2.88 bits per heavy atom. The molecule has 0 spiro atoms. The Kier molecular flexibility index (Phi) is 3.33. The monoisotopic (exact) mass is 232 g/mol. The predicted octanol–water partition coefficient (Wildman–Crippen LogP) is 1.02. The molecule has 5 nitrogen and oxygen atoms in total. The number of anilines is 1. The van der Waals surface area contributed by atoms with Crippen molar-refractivity contribution in [1.29, 1.82) is 0 Å². The van der Waals surface area contributed by atoms with Crippen molar-refractivity contribution in [3.8, 4) is 0 Å². The highest BCUT2D eigenvalue weighted by Gasteiger charge is 2.21. The quantitative estimate of drug-likeness (QED) is 0.793. The van der Waals surface area contributed by atoms with E-state index in [1.807, 2.05) is 0 Å². The summed E-state index contributed by atoms with van der Waals surface area (Å²) in [5.41, 5.74) is 0. The van der Waals surface area contributed by atoms with Crippen LogP contribution in [-0.2, 0) is 6.54 Å². The van der Waals surface area contributed by atoms with E-state index in [4.69, 9.17) is 4.42 Å². The summed E-state index contributed by atoms with van der Waals surface area (Å²) in [5, 5.41) is 10.7. The molecule has 0 aliphatic heterocycles. The highest BCUT2D eigenvalue weighted by atomic mass is 19.3. The molecule has 1 aromatic rings. The highest BCUT2D eigenvalue weighted by molar-refractivity contribution is 5.21. The van der Waals surface area contributed by atoms with E-state index in [1.165, 1.54) is 24.8 Å². The molecule has 0 unspecified atom stereocenters. The summed E-state index contributed by atoms with van der Waals surface area (Å²) >= 11 is 0. The predicted molar refractivity (Wildman–Crippen MR) is 53.4 cm³/mol. The molecule has 1 saturated carbocycles. The van der Waals surface area contributed by atoms with Crippen LogP contribution in [0.5, 0.6) is 0 Å². The van der Waals surface area contributed by atoms with Gasteiger partial charge in [-0.25, -0.2) is 8.78 Å². The van der Waals surface area contributed by atoms with Gasteiger partial charge in [0.25, 0.3) is 6.43 Å². The van der Waals surface area contributed by atoms with Crippen molar-refractivity contribution in [2.75, 3.05) is 18.5 Å². The normalized spacial score (nSPS) is 15.8. The molecule has 1 aliphatic carbocycles. The zero-order chi connectivity index (χ0) is 11.5. The first-order valence-corrected chi connectivity index (χ1v) is 5.20. The van der Waals surface area contributed by atoms with E-state index < -0.39 is 13.0 Å². The van der Waals surface area contributed by atoms with Crippen molar-refractivity contribution in [3.63, 3.8) is 0 Å². The summed E-state index contributed by atoms with van der Waals surface area (Å²) < 4.78 is 29.4. The van der Waals surface area contributed by atoms with Crippen LogP contribution in [0.4, 0.5) is 14.8 Å². The number of nitrogens with one attached hydrogen (secondary N) is 1. The topological polar surface area (TPSA) is 54.2 Å². The van der Waals surface area contributed by atoms with Crippen molar-refractivity contribution in [2.45, 2.75) is 31.9 Å². The third-order valence-electron chi connectivity index (χ3n) is 2.31. The summed E-state index contributed by atoms with van der Waals surface area (Å²) in [5.74, 6) is 0.433. The molecule has 0 aromatic carbocycles. The van der Waals surface area contributed by atoms with E-state index in [9.17, 15) is 8.78 Å². The van der Waals surface area contributed by atoms with Crippen LogP contribution in [0, 0.1) is 0 Å². The molecule has 0 radical (unpaired) electrons. The van der Waals surface area contributed by atoms with Gasteiger partial charge in [0.15, 0.2) is 0 Å². The highest BCUT2D eigenvalue weighted by Crippen LogP contribution is 2.19. The largest absolute Gasteiger partial charge is 0.407 e. The molecule has 0 bridgehead atoms. The second-order valence-electron chi connectivity index (χ2n) is 3.91. The third kappa shape index (κ3) is 3.13. The second-order valence-corrected chi connectivity index (χ2v) is 3.91. The van der Waals surface area contributed by atoms with Crippen LogP contribution in [0.15, 0.2) is 4.42 Å².